The lowest BCUT2D eigenvalue weighted by atomic mass is 10.2. The van der Waals surface area contributed by atoms with E-state index in [0.29, 0.717) is 5.56 Å². The summed E-state index contributed by atoms with van der Waals surface area (Å²) in [6, 6.07) is 6.16. The zero-order valence-corrected chi connectivity index (χ0v) is 12.5. The van der Waals surface area contributed by atoms with Crippen LogP contribution in [-0.4, -0.2) is 23.6 Å². The predicted octanol–water partition coefficient (Wildman–Crippen LogP) is 0.390. The van der Waals surface area contributed by atoms with Crippen molar-refractivity contribution in [3.8, 4) is 0 Å². The Morgan fingerprint density at radius 1 is 1.22 bits per heavy atom. The van der Waals surface area contributed by atoms with Crippen LogP contribution in [0.15, 0.2) is 40.2 Å². The molecule has 1 aromatic carbocycles. The van der Waals surface area contributed by atoms with Crippen LogP contribution in [0.2, 0.25) is 0 Å². The van der Waals surface area contributed by atoms with Gasteiger partial charge in [0.25, 0.3) is 11.2 Å². The molecule has 3 aromatic rings. The number of aryl methyl sites for hydroxylation is 1. The minimum Gasteiger partial charge on any atom is -0.320 e. The highest BCUT2D eigenvalue weighted by atomic mass is 16.6. The Labute approximate surface area is 129 Å². The van der Waals surface area contributed by atoms with E-state index in [9.17, 15) is 19.7 Å². The molecule has 0 spiro atoms. The monoisotopic (exact) mass is 315 g/mol. The highest BCUT2D eigenvalue weighted by molar-refractivity contribution is 5.70. The molecule has 0 aliphatic rings. The molecule has 0 radical (unpaired) electrons. The molecule has 0 bridgehead atoms. The quantitative estimate of drug-likeness (QED) is 0.513. The van der Waals surface area contributed by atoms with Crippen LogP contribution < -0.4 is 11.2 Å². The van der Waals surface area contributed by atoms with Crippen molar-refractivity contribution in [3.05, 3.63) is 67.1 Å². The number of aromatic nitrogens is 4. The zero-order valence-electron chi connectivity index (χ0n) is 12.5. The second-order valence-electron chi connectivity index (χ2n) is 5.18. The molecule has 0 amide bonds. The van der Waals surface area contributed by atoms with Gasteiger partial charge in [-0.25, -0.2) is 9.78 Å². The molecule has 0 N–H and O–H groups in total. The fourth-order valence-electron chi connectivity index (χ4n) is 2.48. The summed E-state index contributed by atoms with van der Waals surface area (Å²) in [5.74, 6) is 0. The van der Waals surface area contributed by atoms with Crippen molar-refractivity contribution in [2.24, 2.45) is 14.1 Å². The van der Waals surface area contributed by atoms with E-state index in [1.165, 1.54) is 37.1 Å². The van der Waals surface area contributed by atoms with Gasteiger partial charge in [0.1, 0.15) is 0 Å². The van der Waals surface area contributed by atoms with Crippen LogP contribution in [0.5, 0.6) is 0 Å². The van der Waals surface area contributed by atoms with E-state index in [0.717, 1.165) is 4.57 Å². The highest BCUT2D eigenvalue weighted by Gasteiger charge is 2.15. The number of hydrogen-bond acceptors (Lipinski definition) is 5. The largest absolute Gasteiger partial charge is 0.332 e. The summed E-state index contributed by atoms with van der Waals surface area (Å²) in [7, 11) is 2.93. The molecular formula is C14H13N5O4. The van der Waals surface area contributed by atoms with E-state index < -0.39 is 16.2 Å². The maximum atomic E-state index is 12.3. The smallest absolute Gasteiger partial charge is 0.320 e. The summed E-state index contributed by atoms with van der Waals surface area (Å²) in [4.78, 5) is 38.7. The molecule has 9 nitrogen and oxygen atoms in total. The van der Waals surface area contributed by atoms with E-state index in [-0.39, 0.29) is 23.4 Å². The lowest BCUT2D eigenvalue weighted by Gasteiger charge is -2.06. The van der Waals surface area contributed by atoms with Crippen LogP contribution in [0.4, 0.5) is 5.69 Å². The molecule has 0 saturated heterocycles. The van der Waals surface area contributed by atoms with Crippen LogP contribution in [0.1, 0.15) is 5.56 Å². The van der Waals surface area contributed by atoms with Crippen molar-refractivity contribution in [3.63, 3.8) is 0 Å². The van der Waals surface area contributed by atoms with Gasteiger partial charge in [0.15, 0.2) is 11.2 Å². The van der Waals surface area contributed by atoms with Gasteiger partial charge in [0.05, 0.1) is 11.3 Å². The molecule has 2 heterocycles. The Morgan fingerprint density at radius 2 is 1.96 bits per heavy atom. The third-order valence-corrected chi connectivity index (χ3v) is 3.69. The molecule has 3 rings (SSSR count). The van der Waals surface area contributed by atoms with Gasteiger partial charge < -0.3 is 4.57 Å². The van der Waals surface area contributed by atoms with Crippen LogP contribution >= 0.6 is 0 Å². The minimum atomic E-state index is -0.474. The van der Waals surface area contributed by atoms with E-state index in [4.69, 9.17) is 0 Å². The first kappa shape index (κ1) is 14.7. The van der Waals surface area contributed by atoms with Crippen molar-refractivity contribution >= 4 is 16.9 Å². The van der Waals surface area contributed by atoms with E-state index in [2.05, 4.69) is 4.98 Å². The van der Waals surface area contributed by atoms with Crippen molar-refractivity contribution in [2.75, 3.05) is 0 Å². The van der Waals surface area contributed by atoms with Crippen LogP contribution in [-0.2, 0) is 20.6 Å². The summed E-state index contributed by atoms with van der Waals surface area (Å²) in [6.07, 6.45) is 1.45. The number of non-ortho nitro benzene ring substituents is 1. The molecule has 0 atom stereocenters. The van der Waals surface area contributed by atoms with Gasteiger partial charge in [-0.3, -0.25) is 24.0 Å². The fraction of sp³-hybridized carbons (Fsp3) is 0.214. The van der Waals surface area contributed by atoms with E-state index in [1.54, 1.807) is 16.7 Å². The van der Waals surface area contributed by atoms with Gasteiger partial charge in [-0.15, -0.1) is 0 Å². The average molecular weight is 315 g/mol. The maximum absolute atomic E-state index is 12.3. The number of nitro groups is 1. The van der Waals surface area contributed by atoms with Crippen LogP contribution in [0.25, 0.3) is 11.2 Å². The Hall–Kier alpha value is -3.23. The van der Waals surface area contributed by atoms with Gasteiger partial charge in [0, 0.05) is 32.8 Å². The van der Waals surface area contributed by atoms with Gasteiger partial charge >= 0.3 is 5.69 Å². The summed E-state index contributed by atoms with van der Waals surface area (Å²) in [5, 5.41) is 10.8. The summed E-state index contributed by atoms with van der Waals surface area (Å²) < 4.78 is 3.88. The molecule has 0 aliphatic carbocycles. The third-order valence-electron chi connectivity index (χ3n) is 3.69. The van der Waals surface area contributed by atoms with Gasteiger partial charge in [-0.2, -0.15) is 0 Å². The molecule has 0 aliphatic heterocycles. The number of nitro benzene ring substituents is 1. The third kappa shape index (κ3) is 2.31. The molecule has 0 saturated carbocycles. The first-order chi connectivity index (χ1) is 10.9. The molecule has 2 aromatic heterocycles. The standard InChI is InChI=1S/C14H13N5O4/c1-16-12-11(13(20)17(2)14(16)21)18(8-15-12)7-9-4-3-5-10(6-9)19(22)23/h3-6,8H,7H2,1-2H3. The Morgan fingerprint density at radius 3 is 2.65 bits per heavy atom. The fourth-order valence-corrected chi connectivity index (χ4v) is 2.48. The maximum Gasteiger partial charge on any atom is 0.332 e. The number of benzene rings is 1. The topological polar surface area (TPSA) is 105 Å². The van der Waals surface area contributed by atoms with Gasteiger partial charge in [-0.05, 0) is 5.56 Å². The summed E-state index contributed by atoms with van der Waals surface area (Å²) >= 11 is 0. The van der Waals surface area contributed by atoms with E-state index >= 15 is 0 Å². The van der Waals surface area contributed by atoms with E-state index in [1.807, 2.05) is 0 Å². The van der Waals surface area contributed by atoms with Crippen molar-refractivity contribution in [1.29, 1.82) is 0 Å². The Balaban J connectivity index is 2.15. The van der Waals surface area contributed by atoms with Gasteiger partial charge in [0.2, 0.25) is 0 Å². The molecule has 0 fully saturated rings. The number of hydrogen-bond donors (Lipinski definition) is 0. The highest BCUT2D eigenvalue weighted by Crippen LogP contribution is 2.15. The Kier molecular flexibility index (Phi) is 3.32. The first-order valence-electron chi connectivity index (χ1n) is 6.74. The number of imidazole rings is 1. The SMILES string of the molecule is Cn1c(=O)c2c(ncn2Cc2cccc([N+](=O)[O-])c2)n(C)c1=O. The first-order valence-corrected chi connectivity index (χ1v) is 6.74. The lowest BCUT2D eigenvalue weighted by Crippen LogP contribution is -2.37. The number of fused-ring (bicyclic) bond motifs is 1. The number of rotatable bonds is 3. The van der Waals surface area contributed by atoms with Crippen molar-refractivity contribution < 1.29 is 4.92 Å². The number of nitrogens with zero attached hydrogens (tertiary/aromatic N) is 5. The molecule has 0 unspecified atom stereocenters. The molecular weight excluding hydrogens is 302 g/mol. The van der Waals surface area contributed by atoms with Crippen LogP contribution in [0, 0.1) is 10.1 Å². The van der Waals surface area contributed by atoms with Crippen molar-refractivity contribution in [2.45, 2.75) is 6.54 Å². The van der Waals surface area contributed by atoms with Crippen LogP contribution in [0.3, 0.4) is 0 Å². The zero-order chi connectivity index (χ0) is 16.7. The molecule has 118 valence electrons. The van der Waals surface area contributed by atoms with Gasteiger partial charge in [-0.1, -0.05) is 12.1 Å². The second kappa shape index (κ2) is 5.20. The van der Waals surface area contributed by atoms with Crippen molar-refractivity contribution in [1.82, 2.24) is 18.7 Å². The predicted molar refractivity (Wildman–Crippen MR) is 82.4 cm³/mol. The normalized spacial score (nSPS) is 11.0. The summed E-state index contributed by atoms with van der Waals surface area (Å²) in [6.45, 7) is 0.242. The lowest BCUT2D eigenvalue weighted by molar-refractivity contribution is -0.384. The Bertz CT molecular complexity index is 1040. The molecule has 23 heavy (non-hydrogen) atoms. The second-order valence-corrected chi connectivity index (χ2v) is 5.18. The minimum absolute atomic E-state index is 0.0211. The molecule has 9 heteroatoms. The average Bonchev–Trinajstić information content (AvgIpc) is 2.95. The summed E-state index contributed by atoms with van der Waals surface area (Å²) in [5.41, 5.74) is 0.292.